The maximum atomic E-state index is 12.2. The Bertz CT molecular complexity index is 1490. The molecule has 224 valence electrons. The van der Waals surface area contributed by atoms with Crippen molar-refractivity contribution in [1.29, 1.82) is 0 Å². The lowest BCUT2D eigenvalue weighted by Gasteiger charge is -2.43. The van der Waals surface area contributed by atoms with Crippen LogP contribution in [0.5, 0.6) is 11.5 Å². The van der Waals surface area contributed by atoms with Gasteiger partial charge in [-0.25, -0.2) is 4.79 Å². The fourth-order valence-electron chi connectivity index (χ4n) is 5.13. The van der Waals surface area contributed by atoms with Crippen molar-refractivity contribution < 1.29 is 69.3 Å². The lowest BCUT2D eigenvalue weighted by Crippen LogP contribution is -2.62. The van der Waals surface area contributed by atoms with Crippen LogP contribution in [0, 0.1) is 6.92 Å². The highest BCUT2D eigenvalue weighted by Crippen LogP contribution is 2.46. The van der Waals surface area contributed by atoms with Crippen molar-refractivity contribution in [2.45, 2.75) is 61.4 Å². The van der Waals surface area contributed by atoms with E-state index in [9.17, 15) is 50.8 Å². The first kappa shape index (κ1) is 29.6. The Morgan fingerprint density at radius 1 is 0.927 bits per heavy atom. The lowest BCUT2D eigenvalue weighted by molar-refractivity contribution is -0.401. The number of benzene rings is 2. The summed E-state index contributed by atoms with van der Waals surface area (Å²) in [6.45, 7) is -1.65. The molecule has 0 amide bonds. The first-order valence-electron chi connectivity index (χ1n) is 12.6. The number of fused-ring (bicyclic) bond motifs is 3. The first-order valence-corrected chi connectivity index (χ1v) is 12.6. The molecule has 9 N–H and O–H groups in total. The van der Waals surface area contributed by atoms with E-state index in [0.717, 1.165) is 0 Å². The van der Waals surface area contributed by atoms with Gasteiger partial charge >= 0.3 is 5.63 Å². The summed E-state index contributed by atoms with van der Waals surface area (Å²) in [5.74, 6) is -5.74. The summed E-state index contributed by atoms with van der Waals surface area (Å²) in [6, 6.07) is 7.14. The Morgan fingerprint density at radius 2 is 1.61 bits per heavy atom. The number of aromatic hydroxyl groups is 1. The van der Waals surface area contributed by atoms with Crippen molar-refractivity contribution in [2.24, 2.45) is 0 Å². The molecule has 15 heteroatoms. The quantitative estimate of drug-likeness (QED) is 0.101. The number of phenols is 1. The van der Waals surface area contributed by atoms with E-state index < -0.39 is 79.9 Å². The molecule has 3 heterocycles. The van der Waals surface area contributed by atoms with Gasteiger partial charge in [-0.1, -0.05) is 12.1 Å². The SMILES string of the molecule is Cc1cc2cc(OC3(CO)OC(CO)(OC4OC(CO)C(O)C(O)C4O)C(O)C3O)c3c(O)cccc3c2oc1=O. The van der Waals surface area contributed by atoms with Gasteiger partial charge in [-0.3, -0.25) is 4.74 Å². The molecule has 5 rings (SSSR count). The number of phenolic OH excluding ortho intramolecular Hbond substituents is 1. The summed E-state index contributed by atoms with van der Waals surface area (Å²) >= 11 is 0. The Balaban J connectivity index is 1.57. The van der Waals surface area contributed by atoms with Crippen molar-refractivity contribution in [2.75, 3.05) is 19.8 Å². The summed E-state index contributed by atoms with van der Waals surface area (Å²) in [4.78, 5) is 12.2. The Kier molecular flexibility index (Phi) is 7.73. The smallest absolute Gasteiger partial charge is 0.339 e. The second kappa shape index (κ2) is 10.7. The van der Waals surface area contributed by atoms with E-state index in [2.05, 4.69) is 0 Å². The molecule has 1 aromatic heterocycles. The van der Waals surface area contributed by atoms with Gasteiger partial charge in [-0.15, -0.1) is 0 Å². The molecule has 0 radical (unpaired) electrons. The Morgan fingerprint density at radius 3 is 2.27 bits per heavy atom. The number of rotatable bonds is 7. The standard InChI is InChI=1S/C26H30O15/c1-10-5-11-6-14(16-12(3-2-4-13(16)30)20(11)38-23(10)36)39-25(8-28)21(34)22(35)26(9-29,41-25)40-24-19(33)18(32)17(31)15(7-27)37-24/h2-6,15,17-19,21-22,24,27-35H,7-9H2,1H3. The van der Waals surface area contributed by atoms with Crippen LogP contribution in [0.1, 0.15) is 5.56 Å². The Hall–Kier alpha value is -2.93. The fourth-order valence-corrected chi connectivity index (χ4v) is 5.13. The average molecular weight is 583 g/mol. The van der Waals surface area contributed by atoms with Crippen LogP contribution < -0.4 is 10.4 Å². The van der Waals surface area contributed by atoms with Crippen LogP contribution >= 0.6 is 0 Å². The van der Waals surface area contributed by atoms with Gasteiger partial charge in [0, 0.05) is 16.3 Å². The zero-order chi connectivity index (χ0) is 29.9. The van der Waals surface area contributed by atoms with Crippen molar-refractivity contribution in [3.63, 3.8) is 0 Å². The van der Waals surface area contributed by atoms with Crippen molar-refractivity contribution in [3.05, 3.63) is 46.3 Å². The number of aliphatic hydroxyl groups excluding tert-OH is 8. The topological polar surface area (TPSA) is 249 Å². The molecule has 3 aromatic rings. The molecule has 15 nitrogen and oxygen atoms in total. The minimum atomic E-state index is -2.64. The molecule has 0 spiro atoms. The van der Waals surface area contributed by atoms with Gasteiger partial charge in [-0.2, -0.15) is 0 Å². The van der Waals surface area contributed by atoms with Crippen LogP contribution in [0.2, 0.25) is 0 Å². The predicted octanol–water partition coefficient (Wildman–Crippen LogP) is -2.72. The van der Waals surface area contributed by atoms with Crippen molar-refractivity contribution in [3.8, 4) is 11.5 Å². The summed E-state index contributed by atoms with van der Waals surface area (Å²) in [5.41, 5.74) is -0.251. The minimum Gasteiger partial charge on any atom is -0.507 e. The zero-order valence-corrected chi connectivity index (χ0v) is 21.5. The molecule has 0 aliphatic carbocycles. The van der Waals surface area contributed by atoms with E-state index in [1.54, 1.807) is 0 Å². The molecule has 9 unspecified atom stereocenters. The number of aliphatic hydroxyl groups is 8. The maximum Gasteiger partial charge on any atom is 0.339 e. The van der Waals surface area contributed by atoms with Gasteiger partial charge in [0.1, 0.15) is 60.8 Å². The highest BCUT2D eigenvalue weighted by atomic mass is 16.9. The second-order valence-electron chi connectivity index (χ2n) is 10.1. The molecular formula is C26H30O15. The molecule has 0 bridgehead atoms. The first-order chi connectivity index (χ1) is 19.4. The lowest BCUT2D eigenvalue weighted by atomic mass is 9.98. The molecular weight excluding hydrogens is 552 g/mol. The van der Waals surface area contributed by atoms with Gasteiger partial charge in [-0.05, 0) is 25.1 Å². The normalized spacial score (nSPS) is 35.8. The van der Waals surface area contributed by atoms with Crippen LogP contribution in [-0.4, -0.2) is 120 Å². The molecule has 0 saturated carbocycles. The third kappa shape index (κ3) is 4.65. The van der Waals surface area contributed by atoms with Crippen molar-refractivity contribution in [1.82, 2.24) is 0 Å². The van der Waals surface area contributed by atoms with E-state index >= 15 is 0 Å². The largest absolute Gasteiger partial charge is 0.507 e. The highest BCUT2D eigenvalue weighted by molar-refractivity contribution is 6.09. The van der Waals surface area contributed by atoms with E-state index in [4.69, 9.17) is 23.4 Å². The summed E-state index contributed by atoms with van der Waals surface area (Å²) in [7, 11) is 0. The zero-order valence-electron chi connectivity index (χ0n) is 21.5. The summed E-state index contributed by atoms with van der Waals surface area (Å²) in [6.07, 6.45) is -13.2. The van der Waals surface area contributed by atoms with E-state index in [1.165, 1.54) is 37.3 Å². The second-order valence-corrected chi connectivity index (χ2v) is 10.1. The van der Waals surface area contributed by atoms with E-state index in [1.807, 2.05) is 0 Å². The van der Waals surface area contributed by atoms with Gasteiger partial charge in [0.25, 0.3) is 5.79 Å². The molecule has 2 aliphatic heterocycles. The maximum absolute atomic E-state index is 12.2. The van der Waals surface area contributed by atoms with Crippen LogP contribution in [0.15, 0.2) is 39.5 Å². The highest BCUT2D eigenvalue weighted by Gasteiger charge is 2.66. The average Bonchev–Trinajstić information content (AvgIpc) is 3.16. The third-order valence-electron chi connectivity index (χ3n) is 7.40. The molecule has 2 aliphatic rings. The van der Waals surface area contributed by atoms with Crippen LogP contribution in [0.4, 0.5) is 0 Å². The van der Waals surface area contributed by atoms with Crippen molar-refractivity contribution >= 4 is 21.7 Å². The number of ether oxygens (including phenoxy) is 4. The third-order valence-corrected chi connectivity index (χ3v) is 7.40. The molecule has 41 heavy (non-hydrogen) atoms. The number of hydrogen-bond acceptors (Lipinski definition) is 15. The fraction of sp³-hybridized carbons (Fsp3) is 0.500. The Labute approximate surface area is 230 Å². The molecule has 2 saturated heterocycles. The van der Waals surface area contributed by atoms with E-state index in [0.29, 0.717) is 5.39 Å². The summed E-state index contributed by atoms with van der Waals surface area (Å²) < 4.78 is 27.8. The van der Waals surface area contributed by atoms with Gasteiger partial charge in [0.2, 0.25) is 5.79 Å². The van der Waals surface area contributed by atoms with Gasteiger partial charge in [0.05, 0.1) is 12.0 Å². The monoisotopic (exact) mass is 582 g/mol. The molecule has 2 aromatic carbocycles. The van der Waals surface area contributed by atoms with Crippen LogP contribution in [0.3, 0.4) is 0 Å². The van der Waals surface area contributed by atoms with E-state index in [-0.39, 0.29) is 33.4 Å². The predicted molar refractivity (Wildman–Crippen MR) is 135 cm³/mol. The molecule has 9 atom stereocenters. The summed E-state index contributed by atoms with van der Waals surface area (Å²) in [5, 5.41) is 93.9. The number of hydrogen-bond donors (Lipinski definition) is 9. The van der Waals surface area contributed by atoms with Crippen LogP contribution in [-0.2, 0) is 14.2 Å². The minimum absolute atomic E-state index is 0.0125. The van der Waals surface area contributed by atoms with Gasteiger partial charge in [0.15, 0.2) is 12.4 Å². The van der Waals surface area contributed by atoms with Crippen LogP contribution in [0.25, 0.3) is 21.7 Å². The van der Waals surface area contributed by atoms with Gasteiger partial charge < -0.3 is 64.6 Å². The number of aryl methyl sites for hydroxylation is 1. The molecule has 2 fully saturated rings.